The normalized spacial score (nSPS) is 10.6. The molecule has 0 bridgehead atoms. The minimum absolute atomic E-state index is 0.331. The Labute approximate surface area is 158 Å². The maximum atomic E-state index is 12.6. The fourth-order valence-corrected chi connectivity index (χ4v) is 3.75. The number of rotatable bonds is 6. The standard InChI is InChI=1S/C19H24N2O2S2/c1-5-23-18(22)16-15(14-9-7-6-8-10-14)13(4)25-17(16)21-19(24)20-11-12(2)3/h6-10,12H,5,11H2,1-4H3,(H2,20,21,24). The molecule has 6 heteroatoms. The van der Waals surface area contributed by atoms with E-state index in [0.717, 1.165) is 27.5 Å². The van der Waals surface area contributed by atoms with E-state index >= 15 is 0 Å². The SMILES string of the molecule is CCOC(=O)c1c(NC(=S)NCC(C)C)sc(C)c1-c1ccccc1. The summed E-state index contributed by atoms with van der Waals surface area (Å²) in [5.41, 5.74) is 2.44. The topological polar surface area (TPSA) is 50.4 Å². The average Bonchev–Trinajstić information content (AvgIpc) is 2.90. The Kier molecular flexibility index (Phi) is 6.96. The van der Waals surface area contributed by atoms with E-state index in [1.807, 2.05) is 37.3 Å². The third-order valence-electron chi connectivity index (χ3n) is 3.52. The number of carbonyl (C=O) groups excluding carboxylic acids is 1. The van der Waals surface area contributed by atoms with Gasteiger partial charge < -0.3 is 15.4 Å². The number of hydrogen-bond acceptors (Lipinski definition) is 4. The number of nitrogens with one attached hydrogen (secondary N) is 2. The maximum absolute atomic E-state index is 12.6. The summed E-state index contributed by atoms with van der Waals surface area (Å²) in [6, 6.07) is 9.87. The van der Waals surface area contributed by atoms with Crippen molar-refractivity contribution in [1.82, 2.24) is 5.32 Å². The summed E-state index contributed by atoms with van der Waals surface area (Å²) in [6.45, 7) is 9.14. The monoisotopic (exact) mass is 376 g/mol. The van der Waals surface area contributed by atoms with Gasteiger partial charge in [0.05, 0.1) is 6.61 Å². The van der Waals surface area contributed by atoms with Gasteiger partial charge in [-0.3, -0.25) is 0 Å². The van der Waals surface area contributed by atoms with Crippen molar-refractivity contribution in [3.8, 4) is 11.1 Å². The Morgan fingerprint density at radius 2 is 1.96 bits per heavy atom. The number of carbonyl (C=O) groups is 1. The molecule has 25 heavy (non-hydrogen) atoms. The first-order chi connectivity index (χ1) is 11.9. The van der Waals surface area contributed by atoms with Gasteiger partial charge in [-0.1, -0.05) is 44.2 Å². The van der Waals surface area contributed by atoms with Gasteiger partial charge in [-0.05, 0) is 37.5 Å². The van der Waals surface area contributed by atoms with Gasteiger partial charge in [0.15, 0.2) is 5.11 Å². The van der Waals surface area contributed by atoms with Crippen molar-refractivity contribution in [3.63, 3.8) is 0 Å². The molecule has 0 saturated carbocycles. The van der Waals surface area contributed by atoms with Crippen LogP contribution in [0.5, 0.6) is 0 Å². The second-order valence-corrected chi connectivity index (χ2v) is 7.69. The molecule has 2 rings (SSSR count). The molecule has 0 spiro atoms. The van der Waals surface area contributed by atoms with E-state index in [-0.39, 0.29) is 5.97 Å². The molecule has 2 N–H and O–H groups in total. The van der Waals surface area contributed by atoms with E-state index in [2.05, 4.69) is 24.5 Å². The van der Waals surface area contributed by atoms with Gasteiger partial charge in [0.1, 0.15) is 10.6 Å². The molecule has 0 saturated heterocycles. The largest absolute Gasteiger partial charge is 0.462 e. The fraction of sp³-hybridized carbons (Fsp3) is 0.368. The van der Waals surface area contributed by atoms with Gasteiger partial charge in [-0.15, -0.1) is 11.3 Å². The lowest BCUT2D eigenvalue weighted by Crippen LogP contribution is -2.31. The van der Waals surface area contributed by atoms with Crippen molar-refractivity contribution < 1.29 is 9.53 Å². The zero-order chi connectivity index (χ0) is 18.4. The highest BCUT2D eigenvalue weighted by molar-refractivity contribution is 7.80. The molecule has 0 atom stereocenters. The van der Waals surface area contributed by atoms with E-state index in [1.165, 1.54) is 11.3 Å². The van der Waals surface area contributed by atoms with Crippen LogP contribution in [0.4, 0.5) is 5.00 Å². The first-order valence-electron chi connectivity index (χ1n) is 8.34. The van der Waals surface area contributed by atoms with Gasteiger partial charge in [-0.25, -0.2) is 4.79 Å². The Morgan fingerprint density at radius 1 is 1.28 bits per heavy atom. The summed E-state index contributed by atoms with van der Waals surface area (Å²) in [6.07, 6.45) is 0. The summed E-state index contributed by atoms with van der Waals surface area (Å²) in [5.74, 6) is 0.147. The summed E-state index contributed by atoms with van der Waals surface area (Å²) in [4.78, 5) is 13.6. The summed E-state index contributed by atoms with van der Waals surface area (Å²) < 4.78 is 5.29. The van der Waals surface area contributed by atoms with Crippen molar-refractivity contribution >= 4 is 39.6 Å². The number of thiocarbonyl (C=S) groups is 1. The zero-order valence-electron chi connectivity index (χ0n) is 15.0. The number of hydrogen-bond donors (Lipinski definition) is 2. The minimum atomic E-state index is -0.333. The number of thiophene rings is 1. The van der Waals surface area contributed by atoms with E-state index in [1.54, 1.807) is 6.92 Å². The second-order valence-electron chi connectivity index (χ2n) is 6.05. The van der Waals surface area contributed by atoms with Crippen LogP contribution in [0, 0.1) is 12.8 Å². The molecule has 4 nitrogen and oxygen atoms in total. The highest BCUT2D eigenvalue weighted by Crippen LogP contribution is 2.40. The highest BCUT2D eigenvalue weighted by atomic mass is 32.1. The molecule has 0 radical (unpaired) electrons. The van der Waals surface area contributed by atoms with Crippen molar-refractivity contribution in [2.75, 3.05) is 18.5 Å². The van der Waals surface area contributed by atoms with E-state index in [0.29, 0.717) is 23.2 Å². The molecule has 0 aliphatic carbocycles. The molecule has 2 aromatic rings. The average molecular weight is 377 g/mol. The maximum Gasteiger partial charge on any atom is 0.341 e. The van der Waals surface area contributed by atoms with Gasteiger partial charge in [0.2, 0.25) is 0 Å². The molecule has 134 valence electrons. The third-order valence-corrected chi connectivity index (χ3v) is 4.79. The lowest BCUT2D eigenvalue weighted by Gasteiger charge is -2.13. The quantitative estimate of drug-likeness (QED) is 0.558. The third kappa shape index (κ3) is 5.03. The van der Waals surface area contributed by atoms with Crippen LogP contribution in [-0.4, -0.2) is 24.2 Å². The van der Waals surface area contributed by atoms with Gasteiger partial charge in [-0.2, -0.15) is 0 Å². The van der Waals surface area contributed by atoms with Gasteiger partial charge in [0, 0.05) is 17.0 Å². The summed E-state index contributed by atoms with van der Waals surface area (Å²) >= 11 is 6.88. The van der Waals surface area contributed by atoms with Gasteiger partial charge in [0.25, 0.3) is 0 Å². The summed E-state index contributed by atoms with van der Waals surface area (Å²) in [5, 5.41) is 7.58. The van der Waals surface area contributed by atoms with Crippen molar-refractivity contribution in [2.24, 2.45) is 5.92 Å². The fourth-order valence-electron chi connectivity index (χ4n) is 2.43. The van der Waals surface area contributed by atoms with Crippen LogP contribution in [0.3, 0.4) is 0 Å². The molecule has 1 aromatic carbocycles. The van der Waals surface area contributed by atoms with E-state index in [9.17, 15) is 4.79 Å². The highest BCUT2D eigenvalue weighted by Gasteiger charge is 2.24. The predicted octanol–water partition coefficient (Wildman–Crippen LogP) is 4.84. The van der Waals surface area contributed by atoms with E-state index in [4.69, 9.17) is 17.0 Å². The lowest BCUT2D eigenvalue weighted by molar-refractivity contribution is 0.0529. The number of ether oxygens (including phenoxy) is 1. The van der Waals surface area contributed by atoms with Crippen LogP contribution in [0.15, 0.2) is 30.3 Å². The Bertz CT molecular complexity index is 739. The van der Waals surface area contributed by atoms with Crippen molar-refractivity contribution in [3.05, 3.63) is 40.8 Å². The molecule has 1 aromatic heterocycles. The molecular weight excluding hydrogens is 352 g/mol. The number of aryl methyl sites for hydroxylation is 1. The number of benzene rings is 1. The van der Waals surface area contributed by atoms with Crippen molar-refractivity contribution in [2.45, 2.75) is 27.7 Å². The van der Waals surface area contributed by atoms with Crippen LogP contribution < -0.4 is 10.6 Å². The van der Waals surface area contributed by atoms with Crippen LogP contribution in [-0.2, 0) is 4.74 Å². The van der Waals surface area contributed by atoms with Crippen molar-refractivity contribution in [1.29, 1.82) is 0 Å². The zero-order valence-corrected chi connectivity index (χ0v) is 16.6. The number of esters is 1. The molecule has 1 heterocycles. The van der Waals surface area contributed by atoms with Crippen LogP contribution in [0.25, 0.3) is 11.1 Å². The van der Waals surface area contributed by atoms with E-state index < -0.39 is 0 Å². The predicted molar refractivity (Wildman–Crippen MR) is 110 cm³/mol. The summed E-state index contributed by atoms with van der Waals surface area (Å²) in [7, 11) is 0. The molecule has 0 amide bonds. The Balaban J connectivity index is 2.39. The van der Waals surface area contributed by atoms with Crippen LogP contribution in [0.2, 0.25) is 0 Å². The first-order valence-corrected chi connectivity index (χ1v) is 9.57. The molecule has 0 fully saturated rings. The lowest BCUT2D eigenvalue weighted by atomic mass is 10.0. The second kappa shape index (κ2) is 8.97. The molecule has 0 unspecified atom stereocenters. The van der Waals surface area contributed by atoms with Crippen LogP contribution >= 0.6 is 23.6 Å². The molecule has 0 aliphatic rings. The Hall–Kier alpha value is -1.92. The first kappa shape index (κ1) is 19.4. The smallest absolute Gasteiger partial charge is 0.341 e. The molecule has 0 aliphatic heterocycles. The van der Waals surface area contributed by atoms with Crippen LogP contribution in [0.1, 0.15) is 36.0 Å². The Morgan fingerprint density at radius 3 is 2.56 bits per heavy atom. The van der Waals surface area contributed by atoms with Gasteiger partial charge >= 0.3 is 5.97 Å². The minimum Gasteiger partial charge on any atom is -0.462 e. The number of anilines is 1. The molecular formula is C19H24N2O2S2.